The van der Waals surface area contributed by atoms with E-state index in [-0.39, 0.29) is 0 Å². The standard InChI is InChI=1S/C59H36N4O/c60-37-50-54(41-25-12-4-13-26-41)61-59(62-55(50)42-27-14-5-15-28-42)49-35-43(38-19-6-1-7-20-38)36-52(53(49)40-23-10-3-11-24-40)63-51-32-17-16-29-45(51)46-33-34-48-47-31-18-30-44(39-21-8-2-9-22-39)57(47)64-58(48)56(46)63/h1-36H. The van der Waals surface area contributed by atoms with Gasteiger partial charge >= 0.3 is 0 Å². The summed E-state index contributed by atoms with van der Waals surface area (Å²) in [5.41, 5.74) is 14.8. The van der Waals surface area contributed by atoms with Crippen molar-refractivity contribution in [2.24, 2.45) is 0 Å². The van der Waals surface area contributed by atoms with Gasteiger partial charge in [-0.15, -0.1) is 0 Å². The largest absolute Gasteiger partial charge is 0.453 e. The zero-order chi connectivity index (χ0) is 42.6. The highest BCUT2D eigenvalue weighted by atomic mass is 16.3. The molecule has 12 rings (SSSR count). The quantitative estimate of drug-likeness (QED) is 0.161. The molecule has 0 bridgehead atoms. The highest BCUT2D eigenvalue weighted by Crippen LogP contribution is 2.47. The summed E-state index contributed by atoms with van der Waals surface area (Å²) < 4.78 is 9.58. The molecule has 5 heteroatoms. The Morgan fingerprint density at radius 1 is 0.406 bits per heavy atom. The minimum Gasteiger partial charge on any atom is -0.453 e. The van der Waals surface area contributed by atoms with Gasteiger partial charge in [0, 0.05) is 49.4 Å². The van der Waals surface area contributed by atoms with E-state index < -0.39 is 0 Å². The van der Waals surface area contributed by atoms with E-state index in [0.29, 0.717) is 22.8 Å². The molecular weight excluding hydrogens is 781 g/mol. The molecule has 0 amide bonds. The second-order valence-electron chi connectivity index (χ2n) is 16.0. The molecule has 0 aliphatic carbocycles. The fourth-order valence-electron chi connectivity index (χ4n) is 9.38. The lowest BCUT2D eigenvalue weighted by Gasteiger charge is -2.21. The topological polar surface area (TPSA) is 67.6 Å². The second kappa shape index (κ2) is 15.3. The van der Waals surface area contributed by atoms with E-state index >= 15 is 0 Å². The lowest BCUT2D eigenvalue weighted by Crippen LogP contribution is -2.05. The van der Waals surface area contributed by atoms with E-state index in [1.165, 1.54) is 0 Å². The van der Waals surface area contributed by atoms with Crippen LogP contribution < -0.4 is 0 Å². The van der Waals surface area contributed by atoms with Crippen LogP contribution in [0.1, 0.15) is 5.56 Å². The Kier molecular flexibility index (Phi) is 8.81. The smallest absolute Gasteiger partial charge is 0.161 e. The molecule has 64 heavy (non-hydrogen) atoms. The van der Waals surface area contributed by atoms with Gasteiger partial charge < -0.3 is 8.98 Å². The molecule has 0 saturated carbocycles. The molecule has 0 N–H and O–H groups in total. The van der Waals surface area contributed by atoms with Crippen LogP contribution in [0.15, 0.2) is 223 Å². The molecule has 298 valence electrons. The molecule has 0 fully saturated rings. The van der Waals surface area contributed by atoms with Crippen LogP contribution in [0.4, 0.5) is 0 Å². The predicted octanol–water partition coefficient (Wildman–Crippen LogP) is 15.3. The van der Waals surface area contributed by atoms with E-state index in [9.17, 15) is 5.26 Å². The predicted molar refractivity (Wildman–Crippen MR) is 261 cm³/mol. The SMILES string of the molecule is N#Cc1c(-c2ccccc2)nc(-c2cc(-c3ccccc3)cc(-n3c4ccccc4c4ccc5c6cccc(-c7ccccc7)c6oc5c43)c2-c2ccccc2)nc1-c1ccccc1. The van der Waals surface area contributed by atoms with E-state index in [0.717, 1.165) is 99.5 Å². The highest BCUT2D eigenvalue weighted by molar-refractivity contribution is 6.23. The van der Waals surface area contributed by atoms with Crippen LogP contribution in [0.5, 0.6) is 0 Å². The summed E-state index contributed by atoms with van der Waals surface area (Å²) in [4.78, 5) is 10.8. The molecule has 3 aromatic heterocycles. The maximum absolute atomic E-state index is 10.9. The fraction of sp³-hybridized carbons (Fsp3) is 0. The lowest BCUT2D eigenvalue weighted by atomic mass is 9.91. The zero-order valence-corrected chi connectivity index (χ0v) is 34.5. The summed E-state index contributed by atoms with van der Waals surface area (Å²) in [7, 11) is 0. The maximum atomic E-state index is 10.9. The number of nitriles is 1. The summed E-state index contributed by atoms with van der Waals surface area (Å²) in [6, 6.07) is 77.8. The first-order valence-electron chi connectivity index (χ1n) is 21.4. The van der Waals surface area contributed by atoms with E-state index in [1.54, 1.807) is 0 Å². The van der Waals surface area contributed by atoms with Crippen molar-refractivity contribution >= 4 is 43.7 Å². The van der Waals surface area contributed by atoms with Gasteiger partial charge in [0.05, 0.1) is 28.1 Å². The third-order valence-corrected chi connectivity index (χ3v) is 12.3. The van der Waals surface area contributed by atoms with Gasteiger partial charge in [-0.2, -0.15) is 5.26 Å². The Morgan fingerprint density at radius 3 is 1.55 bits per heavy atom. The summed E-state index contributed by atoms with van der Waals surface area (Å²) in [6.45, 7) is 0. The van der Waals surface area contributed by atoms with Crippen LogP contribution in [0, 0.1) is 11.3 Å². The third kappa shape index (κ3) is 6.00. The number of hydrogen-bond acceptors (Lipinski definition) is 4. The van der Waals surface area contributed by atoms with Crippen LogP contribution in [0.25, 0.3) is 117 Å². The number of nitrogens with zero attached hydrogens (tertiary/aromatic N) is 4. The van der Waals surface area contributed by atoms with Crippen molar-refractivity contribution < 1.29 is 4.42 Å². The normalized spacial score (nSPS) is 11.4. The minimum absolute atomic E-state index is 0.423. The number of rotatable bonds is 7. The second-order valence-corrected chi connectivity index (χ2v) is 16.0. The van der Waals surface area contributed by atoms with Crippen molar-refractivity contribution in [2.45, 2.75) is 0 Å². The zero-order valence-electron chi connectivity index (χ0n) is 34.5. The Labute approximate surface area is 369 Å². The van der Waals surface area contributed by atoms with Gasteiger partial charge in [0.1, 0.15) is 17.2 Å². The lowest BCUT2D eigenvalue weighted by molar-refractivity contribution is 0.672. The number of para-hydroxylation sites is 2. The van der Waals surface area contributed by atoms with Gasteiger partial charge in [0.25, 0.3) is 0 Å². The maximum Gasteiger partial charge on any atom is 0.161 e. The summed E-state index contributed by atoms with van der Waals surface area (Å²) >= 11 is 0. The molecule has 0 saturated heterocycles. The number of furan rings is 1. The average Bonchev–Trinajstić information content (AvgIpc) is 3.93. The van der Waals surface area contributed by atoms with Crippen molar-refractivity contribution in [3.8, 4) is 79.0 Å². The summed E-state index contributed by atoms with van der Waals surface area (Å²) in [5.74, 6) is 0.511. The van der Waals surface area contributed by atoms with Crippen LogP contribution in [0.3, 0.4) is 0 Å². The molecule has 3 heterocycles. The Hall–Kier alpha value is -8.85. The molecule has 0 spiro atoms. The molecule has 12 aromatic rings. The van der Waals surface area contributed by atoms with Crippen molar-refractivity contribution in [1.82, 2.24) is 14.5 Å². The van der Waals surface area contributed by atoms with Crippen LogP contribution >= 0.6 is 0 Å². The number of hydrogen-bond donors (Lipinski definition) is 0. The molecule has 0 atom stereocenters. The first-order chi connectivity index (χ1) is 31.7. The molecule has 0 unspecified atom stereocenters. The van der Waals surface area contributed by atoms with Crippen molar-refractivity contribution in [1.29, 1.82) is 5.26 Å². The van der Waals surface area contributed by atoms with Crippen molar-refractivity contribution in [3.63, 3.8) is 0 Å². The van der Waals surface area contributed by atoms with Gasteiger partial charge in [0.15, 0.2) is 11.4 Å². The van der Waals surface area contributed by atoms with Gasteiger partial charge in [-0.1, -0.05) is 194 Å². The van der Waals surface area contributed by atoms with Crippen LogP contribution in [0.2, 0.25) is 0 Å². The summed E-state index contributed by atoms with van der Waals surface area (Å²) in [5, 5.41) is 15.2. The molecule has 0 aliphatic rings. The molecule has 0 radical (unpaired) electrons. The molecule has 9 aromatic carbocycles. The van der Waals surface area contributed by atoms with Crippen LogP contribution in [-0.4, -0.2) is 14.5 Å². The third-order valence-electron chi connectivity index (χ3n) is 12.3. The summed E-state index contributed by atoms with van der Waals surface area (Å²) in [6.07, 6.45) is 0. The number of aromatic nitrogens is 3. The van der Waals surface area contributed by atoms with Gasteiger partial charge in [0.2, 0.25) is 0 Å². The van der Waals surface area contributed by atoms with Gasteiger partial charge in [-0.3, -0.25) is 0 Å². The molecule has 0 aliphatic heterocycles. The first-order valence-corrected chi connectivity index (χ1v) is 21.4. The monoisotopic (exact) mass is 816 g/mol. The van der Waals surface area contributed by atoms with Crippen molar-refractivity contribution in [3.05, 3.63) is 224 Å². The minimum atomic E-state index is 0.423. The number of benzene rings is 9. The first kappa shape index (κ1) is 37.0. The van der Waals surface area contributed by atoms with Crippen molar-refractivity contribution in [2.75, 3.05) is 0 Å². The Bertz CT molecular complexity index is 3700. The Balaban J connectivity index is 1.26. The van der Waals surface area contributed by atoms with Crippen LogP contribution in [-0.2, 0) is 0 Å². The Morgan fingerprint density at radius 2 is 0.922 bits per heavy atom. The average molecular weight is 817 g/mol. The molecular formula is C59H36N4O. The van der Waals surface area contributed by atoms with Gasteiger partial charge in [-0.25, -0.2) is 9.97 Å². The highest BCUT2D eigenvalue weighted by Gasteiger charge is 2.27. The molecule has 5 nitrogen and oxygen atoms in total. The fourth-order valence-corrected chi connectivity index (χ4v) is 9.38. The number of fused-ring (bicyclic) bond motifs is 7. The van der Waals surface area contributed by atoms with Gasteiger partial charge in [-0.05, 0) is 46.5 Å². The van der Waals surface area contributed by atoms with E-state index in [4.69, 9.17) is 14.4 Å². The van der Waals surface area contributed by atoms with E-state index in [2.05, 4.69) is 150 Å². The van der Waals surface area contributed by atoms with E-state index in [1.807, 2.05) is 78.9 Å².